The summed E-state index contributed by atoms with van der Waals surface area (Å²) in [5, 5.41) is 0. The Hall–Kier alpha value is -1.62. The van der Waals surface area contributed by atoms with Crippen LogP contribution in [-0.4, -0.2) is 35.4 Å². The minimum atomic E-state index is -0.211. The van der Waals surface area contributed by atoms with Gasteiger partial charge in [-0.1, -0.05) is 6.92 Å². The maximum Gasteiger partial charge on any atom is 0.255 e. The van der Waals surface area contributed by atoms with E-state index in [2.05, 4.69) is 4.98 Å². The van der Waals surface area contributed by atoms with Crippen LogP contribution in [0.2, 0.25) is 0 Å². The number of nitrogens with one attached hydrogen (secondary N) is 1. The third-order valence-corrected chi connectivity index (χ3v) is 2.21. The van der Waals surface area contributed by atoms with Crippen molar-refractivity contribution in [2.24, 2.45) is 5.73 Å². The molecule has 5 heteroatoms. The Labute approximate surface area is 94.3 Å². The van der Waals surface area contributed by atoms with Gasteiger partial charge in [-0.25, -0.2) is 0 Å². The molecule has 0 saturated heterocycles. The lowest BCUT2D eigenvalue weighted by Gasteiger charge is -2.21. The Morgan fingerprint density at radius 3 is 2.69 bits per heavy atom. The van der Waals surface area contributed by atoms with Crippen molar-refractivity contribution in [3.8, 4) is 0 Å². The summed E-state index contributed by atoms with van der Waals surface area (Å²) in [4.78, 5) is 27.0. The van der Waals surface area contributed by atoms with E-state index in [1.54, 1.807) is 4.90 Å². The Morgan fingerprint density at radius 2 is 2.19 bits per heavy atom. The lowest BCUT2D eigenvalue weighted by Crippen LogP contribution is -2.36. The lowest BCUT2D eigenvalue weighted by molar-refractivity contribution is 0.0760. The van der Waals surface area contributed by atoms with E-state index in [0.29, 0.717) is 25.2 Å². The molecule has 0 aliphatic heterocycles. The summed E-state index contributed by atoms with van der Waals surface area (Å²) in [6.45, 7) is 3.65. The lowest BCUT2D eigenvalue weighted by atomic mass is 10.2. The van der Waals surface area contributed by atoms with Crippen molar-refractivity contribution in [3.63, 3.8) is 0 Å². The Kier molecular flexibility index (Phi) is 4.72. The highest BCUT2D eigenvalue weighted by atomic mass is 16.2. The van der Waals surface area contributed by atoms with Crippen LogP contribution in [0.4, 0.5) is 0 Å². The molecule has 0 radical (unpaired) electrons. The van der Waals surface area contributed by atoms with Crippen LogP contribution in [0.25, 0.3) is 0 Å². The zero-order valence-electron chi connectivity index (χ0n) is 9.40. The largest absolute Gasteiger partial charge is 0.337 e. The molecule has 0 spiro atoms. The topological polar surface area (TPSA) is 79.2 Å². The van der Waals surface area contributed by atoms with Crippen LogP contribution in [0, 0.1) is 0 Å². The average Bonchev–Trinajstić information content (AvgIpc) is 2.29. The molecule has 0 saturated carbocycles. The van der Waals surface area contributed by atoms with E-state index >= 15 is 0 Å². The fourth-order valence-corrected chi connectivity index (χ4v) is 1.47. The Morgan fingerprint density at radius 1 is 1.44 bits per heavy atom. The number of nitrogens with zero attached hydrogens (tertiary/aromatic N) is 1. The molecule has 1 aromatic heterocycles. The number of carbonyl (C=O) groups excluding carboxylic acids is 1. The van der Waals surface area contributed by atoms with Crippen molar-refractivity contribution in [2.75, 3.05) is 19.6 Å². The minimum Gasteiger partial charge on any atom is -0.337 e. The van der Waals surface area contributed by atoms with Crippen LogP contribution in [-0.2, 0) is 0 Å². The molecule has 0 aliphatic carbocycles. The summed E-state index contributed by atoms with van der Waals surface area (Å²) in [5.74, 6) is -0.0939. The molecule has 3 N–H and O–H groups in total. The maximum absolute atomic E-state index is 12.0. The molecular formula is C11H17N3O2. The van der Waals surface area contributed by atoms with Gasteiger partial charge in [0.1, 0.15) is 0 Å². The van der Waals surface area contributed by atoms with Gasteiger partial charge >= 0.3 is 0 Å². The molecule has 0 aromatic carbocycles. The third-order valence-electron chi connectivity index (χ3n) is 2.21. The van der Waals surface area contributed by atoms with Crippen LogP contribution in [0.3, 0.4) is 0 Å². The summed E-state index contributed by atoms with van der Waals surface area (Å²) in [6.07, 6.45) is 2.32. The minimum absolute atomic E-state index is 0.0939. The summed E-state index contributed by atoms with van der Waals surface area (Å²) in [6, 6.07) is 2.88. The first-order chi connectivity index (χ1) is 7.69. The number of rotatable bonds is 5. The Balaban J connectivity index is 2.81. The highest BCUT2D eigenvalue weighted by Crippen LogP contribution is 2.02. The van der Waals surface area contributed by atoms with Crippen molar-refractivity contribution >= 4 is 5.91 Å². The second-order valence-electron chi connectivity index (χ2n) is 3.52. The van der Waals surface area contributed by atoms with Gasteiger partial charge in [0, 0.05) is 31.9 Å². The first-order valence-electron chi connectivity index (χ1n) is 5.37. The summed E-state index contributed by atoms with van der Waals surface area (Å²) in [5.41, 5.74) is 5.72. The van der Waals surface area contributed by atoms with Crippen LogP contribution >= 0.6 is 0 Å². The molecule has 88 valence electrons. The standard InChI is InChI=1S/C11H17N3O2/c1-2-6-14(7-5-12)11(16)9-3-4-10(15)13-8-9/h3-4,8H,2,5-7,12H2,1H3,(H,13,15). The highest BCUT2D eigenvalue weighted by molar-refractivity contribution is 5.93. The zero-order chi connectivity index (χ0) is 12.0. The number of hydrogen-bond donors (Lipinski definition) is 2. The smallest absolute Gasteiger partial charge is 0.255 e. The maximum atomic E-state index is 12.0. The number of amides is 1. The van der Waals surface area contributed by atoms with Gasteiger partial charge < -0.3 is 15.6 Å². The highest BCUT2D eigenvalue weighted by Gasteiger charge is 2.13. The van der Waals surface area contributed by atoms with Crippen molar-refractivity contribution in [1.29, 1.82) is 0 Å². The van der Waals surface area contributed by atoms with E-state index in [1.165, 1.54) is 18.3 Å². The number of hydrogen-bond acceptors (Lipinski definition) is 3. The molecule has 5 nitrogen and oxygen atoms in total. The number of nitrogens with two attached hydrogens (primary N) is 1. The fraction of sp³-hybridized carbons (Fsp3) is 0.455. The molecule has 1 aromatic rings. The van der Waals surface area contributed by atoms with Crippen LogP contribution in [0.5, 0.6) is 0 Å². The molecular weight excluding hydrogens is 206 g/mol. The van der Waals surface area contributed by atoms with Gasteiger partial charge in [0.15, 0.2) is 0 Å². The number of aromatic amines is 1. The molecule has 0 unspecified atom stereocenters. The first-order valence-corrected chi connectivity index (χ1v) is 5.37. The van der Waals surface area contributed by atoms with Gasteiger partial charge in [-0.2, -0.15) is 0 Å². The zero-order valence-corrected chi connectivity index (χ0v) is 9.40. The van der Waals surface area contributed by atoms with Crippen molar-refractivity contribution < 1.29 is 4.79 Å². The van der Waals surface area contributed by atoms with Crippen LogP contribution in [0.1, 0.15) is 23.7 Å². The monoisotopic (exact) mass is 223 g/mol. The predicted octanol–water partition coefficient (Wildman–Crippen LogP) is 0.186. The average molecular weight is 223 g/mol. The molecule has 0 bridgehead atoms. The van der Waals surface area contributed by atoms with Crippen molar-refractivity contribution in [1.82, 2.24) is 9.88 Å². The third kappa shape index (κ3) is 3.20. The molecule has 1 amide bonds. The SMILES string of the molecule is CCCN(CCN)C(=O)c1ccc(=O)[nH]c1. The van der Waals surface area contributed by atoms with E-state index < -0.39 is 0 Å². The van der Waals surface area contributed by atoms with Gasteiger partial charge in [0.05, 0.1) is 5.56 Å². The molecule has 0 atom stereocenters. The molecule has 0 aliphatic rings. The van der Waals surface area contributed by atoms with Crippen LogP contribution < -0.4 is 11.3 Å². The van der Waals surface area contributed by atoms with Crippen molar-refractivity contribution in [3.05, 3.63) is 34.2 Å². The van der Waals surface area contributed by atoms with Gasteiger partial charge in [-0.05, 0) is 12.5 Å². The van der Waals surface area contributed by atoms with Crippen molar-refractivity contribution in [2.45, 2.75) is 13.3 Å². The quantitative estimate of drug-likeness (QED) is 0.747. The summed E-state index contributed by atoms with van der Waals surface area (Å²) in [7, 11) is 0. The number of carbonyl (C=O) groups is 1. The Bertz CT molecular complexity index is 374. The van der Waals surface area contributed by atoms with E-state index in [1.807, 2.05) is 6.92 Å². The van der Waals surface area contributed by atoms with Gasteiger partial charge in [0.25, 0.3) is 5.91 Å². The predicted molar refractivity (Wildman–Crippen MR) is 62.3 cm³/mol. The second kappa shape index (κ2) is 6.07. The van der Waals surface area contributed by atoms with E-state index in [-0.39, 0.29) is 11.5 Å². The molecule has 1 rings (SSSR count). The van der Waals surface area contributed by atoms with Gasteiger partial charge in [-0.3, -0.25) is 9.59 Å². The molecule has 16 heavy (non-hydrogen) atoms. The van der Waals surface area contributed by atoms with Gasteiger partial charge in [0.2, 0.25) is 5.56 Å². The number of H-pyrrole nitrogens is 1. The van der Waals surface area contributed by atoms with E-state index in [0.717, 1.165) is 6.42 Å². The van der Waals surface area contributed by atoms with Gasteiger partial charge in [-0.15, -0.1) is 0 Å². The second-order valence-corrected chi connectivity index (χ2v) is 3.52. The summed E-state index contributed by atoms with van der Waals surface area (Å²) >= 11 is 0. The first kappa shape index (κ1) is 12.4. The normalized spacial score (nSPS) is 10.1. The fourth-order valence-electron chi connectivity index (χ4n) is 1.47. The van der Waals surface area contributed by atoms with Crippen LogP contribution in [0.15, 0.2) is 23.1 Å². The van der Waals surface area contributed by atoms with E-state index in [4.69, 9.17) is 5.73 Å². The molecule has 1 heterocycles. The molecule has 0 fully saturated rings. The number of pyridine rings is 1. The van der Waals surface area contributed by atoms with E-state index in [9.17, 15) is 9.59 Å². The summed E-state index contributed by atoms with van der Waals surface area (Å²) < 4.78 is 0. The number of aromatic nitrogens is 1.